The Morgan fingerprint density at radius 2 is 1.94 bits per heavy atom. The monoisotopic (exact) mass is 241 g/mol. The molecule has 0 radical (unpaired) electrons. The van der Waals surface area contributed by atoms with Gasteiger partial charge in [0.15, 0.2) is 0 Å². The van der Waals surface area contributed by atoms with Gasteiger partial charge >= 0.3 is 0 Å². The molecule has 0 saturated carbocycles. The zero-order chi connectivity index (χ0) is 12.8. The van der Waals surface area contributed by atoms with Crippen LogP contribution in [0.25, 0.3) is 0 Å². The van der Waals surface area contributed by atoms with E-state index in [0.29, 0.717) is 12.1 Å². The molecular formula is C14H31N3. The highest BCUT2D eigenvalue weighted by molar-refractivity contribution is 4.83. The highest BCUT2D eigenvalue weighted by atomic mass is 15.3. The Morgan fingerprint density at radius 3 is 2.53 bits per heavy atom. The number of hydrogen-bond donors (Lipinski definition) is 1. The third-order valence-electron chi connectivity index (χ3n) is 4.28. The summed E-state index contributed by atoms with van der Waals surface area (Å²) in [5.74, 6) is 0. The van der Waals surface area contributed by atoms with Crippen molar-refractivity contribution in [1.29, 1.82) is 0 Å². The molecule has 3 unspecified atom stereocenters. The molecule has 1 fully saturated rings. The minimum absolute atomic E-state index is 0.645. The van der Waals surface area contributed by atoms with E-state index in [-0.39, 0.29) is 0 Å². The van der Waals surface area contributed by atoms with Gasteiger partial charge in [-0.2, -0.15) is 0 Å². The molecule has 102 valence electrons. The molecule has 0 amide bonds. The zero-order valence-corrected chi connectivity index (χ0v) is 12.4. The van der Waals surface area contributed by atoms with Gasteiger partial charge in [-0.3, -0.25) is 4.90 Å². The van der Waals surface area contributed by atoms with Crippen LogP contribution in [0.4, 0.5) is 0 Å². The Morgan fingerprint density at radius 1 is 1.24 bits per heavy atom. The lowest BCUT2D eigenvalue weighted by molar-refractivity contribution is 0.0667. The first-order valence-electron chi connectivity index (χ1n) is 7.26. The van der Waals surface area contributed by atoms with Gasteiger partial charge in [-0.15, -0.1) is 0 Å². The van der Waals surface area contributed by atoms with E-state index in [2.05, 4.69) is 49.9 Å². The first-order chi connectivity index (χ1) is 8.08. The molecule has 0 spiro atoms. The van der Waals surface area contributed by atoms with E-state index in [1.54, 1.807) is 0 Å². The quantitative estimate of drug-likeness (QED) is 0.765. The molecule has 0 aromatic rings. The minimum Gasteiger partial charge on any atom is -0.313 e. The average molecular weight is 241 g/mol. The number of likely N-dealkylation sites (N-methyl/N-ethyl adjacent to an activating group) is 1. The van der Waals surface area contributed by atoms with Crippen molar-refractivity contribution in [2.45, 2.75) is 58.7 Å². The van der Waals surface area contributed by atoms with Gasteiger partial charge in [-0.25, -0.2) is 0 Å². The topological polar surface area (TPSA) is 18.5 Å². The smallest absolute Gasteiger partial charge is 0.0218 e. The van der Waals surface area contributed by atoms with Gasteiger partial charge in [-0.1, -0.05) is 13.8 Å². The van der Waals surface area contributed by atoms with Crippen LogP contribution in [0.3, 0.4) is 0 Å². The normalized spacial score (nSPS) is 27.0. The van der Waals surface area contributed by atoms with Crippen molar-refractivity contribution in [2.24, 2.45) is 0 Å². The van der Waals surface area contributed by atoms with Gasteiger partial charge in [0.1, 0.15) is 0 Å². The Kier molecular flexibility index (Phi) is 6.45. The molecule has 1 saturated heterocycles. The van der Waals surface area contributed by atoms with E-state index in [4.69, 9.17) is 0 Å². The first-order valence-corrected chi connectivity index (χ1v) is 7.26. The molecule has 1 rings (SSSR count). The molecule has 0 bridgehead atoms. The Balaban J connectivity index is 2.34. The van der Waals surface area contributed by atoms with E-state index in [1.807, 2.05) is 0 Å². The fraction of sp³-hybridized carbons (Fsp3) is 1.00. The second-order valence-corrected chi connectivity index (χ2v) is 5.60. The summed E-state index contributed by atoms with van der Waals surface area (Å²) in [6.07, 6.45) is 2.48. The second kappa shape index (κ2) is 7.34. The number of rotatable bonds is 6. The van der Waals surface area contributed by atoms with Gasteiger partial charge in [0.05, 0.1) is 0 Å². The second-order valence-electron chi connectivity index (χ2n) is 5.60. The van der Waals surface area contributed by atoms with Crippen LogP contribution in [-0.4, -0.2) is 61.2 Å². The van der Waals surface area contributed by atoms with Crippen molar-refractivity contribution in [2.75, 3.05) is 33.2 Å². The summed E-state index contributed by atoms with van der Waals surface area (Å²) in [5.41, 5.74) is 0. The maximum absolute atomic E-state index is 3.62. The summed E-state index contributed by atoms with van der Waals surface area (Å²) in [7, 11) is 2.26. The van der Waals surface area contributed by atoms with Crippen molar-refractivity contribution in [3.8, 4) is 0 Å². The van der Waals surface area contributed by atoms with E-state index in [0.717, 1.165) is 12.6 Å². The molecule has 1 aliphatic heterocycles. The number of nitrogens with zero attached hydrogens (tertiary/aromatic N) is 2. The fourth-order valence-electron chi connectivity index (χ4n) is 2.46. The van der Waals surface area contributed by atoms with Crippen molar-refractivity contribution in [1.82, 2.24) is 15.1 Å². The number of nitrogens with one attached hydrogen (secondary N) is 1. The summed E-state index contributed by atoms with van der Waals surface area (Å²) in [4.78, 5) is 5.15. The van der Waals surface area contributed by atoms with Crippen molar-refractivity contribution in [3.63, 3.8) is 0 Å². The highest BCUT2D eigenvalue weighted by Gasteiger charge is 2.25. The summed E-state index contributed by atoms with van der Waals surface area (Å²) < 4.78 is 0. The van der Waals surface area contributed by atoms with Crippen LogP contribution in [0.1, 0.15) is 40.5 Å². The van der Waals surface area contributed by atoms with Crippen molar-refractivity contribution >= 4 is 0 Å². The van der Waals surface area contributed by atoms with Gasteiger partial charge < -0.3 is 10.2 Å². The maximum atomic E-state index is 3.62. The molecule has 0 aromatic carbocycles. The van der Waals surface area contributed by atoms with Crippen molar-refractivity contribution < 1.29 is 0 Å². The van der Waals surface area contributed by atoms with Crippen LogP contribution in [0, 0.1) is 0 Å². The minimum atomic E-state index is 0.645. The molecule has 17 heavy (non-hydrogen) atoms. The average Bonchev–Trinajstić information content (AvgIpc) is 2.35. The van der Waals surface area contributed by atoms with Crippen LogP contribution in [0.5, 0.6) is 0 Å². The van der Waals surface area contributed by atoms with Gasteiger partial charge in [0, 0.05) is 44.3 Å². The van der Waals surface area contributed by atoms with Gasteiger partial charge in [0.25, 0.3) is 0 Å². The molecular weight excluding hydrogens is 210 g/mol. The molecule has 1 aliphatic rings. The van der Waals surface area contributed by atoms with Gasteiger partial charge in [0.2, 0.25) is 0 Å². The molecule has 1 N–H and O–H groups in total. The lowest BCUT2D eigenvalue weighted by Gasteiger charge is -2.42. The van der Waals surface area contributed by atoms with Crippen LogP contribution < -0.4 is 5.32 Å². The van der Waals surface area contributed by atoms with E-state index in [9.17, 15) is 0 Å². The predicted octanol–water partition coefficient (Wildman–Crippen LogP) is 1.79. The Hall–Kier alpha value is -0.120. The number of piperazine rings is 1. The van der Waals surface area contributed by atoms with Crippen LogP contribution in [0.2, 0.25) is 0 Å². The fourth-order valence-corrected chi connectivity index (χ4v) is 2.46. The van der Waals surface area contributed by atoms with E-state index >= 15 is 0 Å². The summed E-state index contributed by atoms with van der Waals surface area (Å²) in [6, 6.07) is 2.05. The summed E-state index contributed by atoms with van der Waals surface area (Å²) in [6.45, 7) is 13.9. The van der Waals surface area contributed by atoms with E-state index in [1.165, 1.54) is 32.5 Å². The van der Waals surface area contributed by atoms with Crippen LogP contribution in [-0.2, 0) is 0 Å². The third kappa shape index (κ3) is 4.57. The van der Waals surface area contributed by atoms with Gasteiger partial charge in [-0.05, 0) is 33.7 Å². The zero-order valence-electron chi connectivity index (χ0n) is 12.4. The molecule has 0 aromatic heterocycles. The highest BCUT2D eigenvalue weighted by Crippen LogP contribution is 2.13. The number of hydrogen-bond acceptors (Lipinski definition) is 3. The lowest BCUT2D eigenvalue weighted by atomic mass is 10.1. The molecule has 0 aliphatic carbocycles. The standard InChI is InChI=1S/C14H31N3/c1-6-12(3)15-10-13(4)17-9-8-16(5)14(7-2)11-17/h12-15H,6-11H2,1-5H3. The summed E-state index contributed by atoms with van der Waals surface area (Å²) in [5, 5.41) is 3.62. The van der Waals surface area contributed by atoms with E-state index < -0.39 is 0 Å². The predicted molar refractivity (Wildman–Crippen MR) is 75.5 cm³/mol. The largest absolute Gasteiger partial charge is 0.313 e. The third-order valence-corrected chi connectivity index (χ3v) is 4.28. The molecule has 3 nitrogen and oxygen atoms in total. The Bertz CT molecular complexity index is 208. The molecule has 3 atom stereocenters. The first kappa shape index (κ1) is 14.9. The van der Waals surface area contributed by atoms with Crippen molar-refractivity contribution in [3.05, 3.63) is 0 Å². The lowest BCUT2D eigenvalue weighted by Crippen LogP contribution is -2.55. The molecule has 1 heterocycles. The molecule has 3 heteroatoms. The van der Waals surface area contributed by atoms with Crippen LogP contribution >= 0.6 is 0 Å². The summed E-state index contributed by atoms with van der Waals surface area (Å²) >= 11 is 0. The maximum Gasteiger partial charge on any atom is 0.0218 e. The SMILES string of the molecule is CCC(C)NCC(C)N1CCN(C)C(CC)C1. The Labute approximate surface area is 108 Å². The van der Waals surface area contributed by atoms with Crippen LogP contribution in [0.15, 0.2) is 0 Å².